The number of alkyl halides is 3. The quantitative estimate of drug-likeness (QED) is 0.850. The molecule has 20 heavy (non-hydrogen) atoms. The lowest BCUT2D eigenvalue weighted by Crippen LogP contribution is -2.10. The number of rotatable bonds is 3. The lowest BCUT2D eigenvalue weighted by Gasteiger charge is -2.13. The van der Waals surface area contributed by atoms with E-state index in [1.165, 1.54) is 0 Å². The number of hydrogen-bond acceptors (Lipinski definition) is 2. The van der Waals surface area contributed by atoms with Gasteiger partial charge in [-0.15, -0.1) is 0 Å². The van der Waals surface area contributed by atoms with E-state index < -0.39 is 23.5 Å². The largest absolute Gasteiger partial charge is 0.433 e. The first-order valence-electron chi connectivity index (χ1n) is 5.93. The van der Waals surface area contributed by atoms with Crippen molar-refractivity contribution in [3.8, 4) is 0 Å². The van der Waals surface area contributed by atoms with Gasteiger partial charge in [0.15, 0.2) is 11.6 Å². The molecule has 0 bridgehead atoms. The molecule has 0 atom stereocenters. The summed E-state index contributed by atoms with van der Waals surface area (Å²) in [5.41, 5.74) is -1.30. The van der Waals surface area contributed by atoms with Crippen molar-refractivity contribution in [3.63, 3.8) is 0 Å². The van der Waals surface area contributed by atoms with E-state index in [-0.39, 0.29) is 16.6 Å². The van der Waals surface area contributed by atoms with E-state index in [0.717, 1.165) is 12.1 Å². The average molecular weight is 290 g/mol. The number of nitrogens with zero attached hydrogens (tertiary/aromatic N) is 1. The predicted molar refractivity (Wildman–Crippen MR) is 65.4 cm³/mol. The molecule has 0 spiro atoms. The van der Waals surface area contributed by atoms with E-state index in [4.69, 9.17) is 0 Å². The number of pyridine rings is 1. The maximum atomic E-state index is 13.2. The molecule has 108 valence electrons. The Balaban J connectivity index is 2.68. The second-order valence-electron chi connectivity index (χ2n) is 4.26. The number of nitrogens with one attached hydrogen (secondary N) is 1. The van der Waals surface area contributed by atoms with Gasteiger partial charge in [-0.1, -0.05) is 6.92 Å². The molecular formula is C13H11F5N2. The summed E-state index contributed by atoms with van der Waals surface area (Å²) in [6.45, 7) is 2.25. The maximum absolute atomic E-state index is 13.2. The Morgan fingerprint density at radius 1 is 1.10 bits per heavy atom. The molecule has 0 saturated heterocycles. The van der Waals surface area contributed by atoms with E-state index in [0.29, 0.717) is 19.0 Å². The van der Waals surface area contributed by atoms with Gasteiger partial charge in [0.05, 0.1) is 5.52 Å². The van der Waals surface area contributed by atoms with Crippen molar-refractivity contribution in [1.29, 1.82) is 0 Å². The third kappa shape index (κ3) is 2.81. The third-order valence-corrected chi connectivity index (χ3v) is 2.71. The van der Waals surface area contributed by atoms with Crippen molar-refractivity contribution in [3.05, 3.63) is 35.5 Å². The highest BCUT2D eigenvalue weighted by atomic mass is 19.4. The summed E-state index contributed by atoms with van der Waals surface area (Å²) < 4.78 is 64.6. The summed E-state index contributed by atoms with van der Waals surface area (Å²) in [6, 6.07) is 2.31. The van der Waals surface area contributed by atoms with Crippen LogP contribution < -0.4 is 5.32 Å². The fourth-order valence-corrected chi connectivity index (χ4v) is 1.77. The molecule has 1 heterocycles. The molecule has 0 radical (unpaired) electrons. The van der Waals surface area contributed by atoms with Crippen LogP contribution in [0, 0.1) is 11.6 Å². The molecule has 0 aliphatic heterocycles. The van der Waals surface area contributed by atoms with Gasteiger partial charge in [0.2, 0.25) is 0 Å². The van der Waals surface area contributed by atoms with E-state index >= 15 is 0 Å². The van der Waals surface area contributed by atoms with Gasteiger partial charge in [0.25, 0.3) is 0 Å². The van der Waals surface area contributed by atoms with Gasteiger partial charge in [0.1, 0.15) is 5.69 Å². The second kappa shape index (κ2) is 5.22. The molecule has 0 aliphatic rings. The molecule has 1 aromatic carbocycles. The minimum absolute atomic E-state index is 0.0862. The number of hydrogen-bond donors (Lipinski definition) is 1. The smallest absolute Gasteiger partial charge is 0.384 e. The molecule has 0 saturated carbocycles. The molecule has 1 aromatic heterocycles. The van der Waals surface area contributed by atoms with Crippen molar-refractivity contribution in [2.45, 2.75) is 19.5 Å². The van der Waals surface area contributed by atoms with Crippen LogP contribution in [0.15, 0.2) is 18.2 Å². The van der Waals surface area contributed by atoms with Crippen molar-refractivity contribution < 1.29 is 22.0 Å². The zero-order valence-electron chi connectivity index (χ0n) is 10.5. The zero-order chi connectivity index (χ0) is 14.9. The molecule has 0 fully saturated rings. The minimum Gasteiger partial charge on any atom is -0.384 e. The molecule has 2 rings (SSSR count). The molecular weight excluding hydrogens is 279 g/mol. The van der Waals surface area contributed by atoms with Crippen LogP contribution in [-0.2, 0) is 6.18 Å². The summed E-state index contributed by atoms with van der Waals surface area (Å²) >= 11 is 0. The van der Waals surface area contributed by atoms with E-state index in [1.54, 1.807) is 0 Å². The van der Waals surface area contributed by atoms with Gasteiger partial charge in [-0.05, 0) is 18.6 Å². The van der Waals surface area contributed by atoms with E-state index in [9.17, 15) is 22.0 Å². The van der Waals surface area contributed by atoms with Gasteiger partial charge in [-0.3, -0.25) is 0 Å². The SMILES string of the molecule is CCCNc1cc(C(F)(F)F)nc2cc(F)c(F)cc12. The molecule has 2 aromatic rings. The van der Waals surface area contributed by atoms with Gasteiger partial charge in [-0.2, -0.15) is 13.2 Å². The monoisotopic (exact) mass is 290 g/mol. The summed E-state index contributed by atoms with van der Waals surface area (Å²) in [4.78, 5) is 3.35. The Labute approximate surface area is 111 Å². The fraction of sp³-hybridized carbons (Fsp3) is 0.308. The van der Waals surface area contributed by atoms with Gasteiger partial charge in [-0.25, -0.2) is 13.8 Å². The lowest BCUT2D eigenvalue weighted by atomic mass is 10.1. The van der Waals surface area contributed by atoms with Crippen molar-refractivity contribution in [1.82, 2.24) is 4.98 Å². The maximum Gasteiger partial charge on any atom is 0.433 e. The van der Waals surface area contributed by atoms with Crippen LogP contribution in [0.3, 0.4) is 0 Å². The number of halogens is 5. The zero-order valence-corrected chi connectivity index (χ0v) is 10.5. The Kier molecular flexibility index (Phi) is 3.78. The Hall–Kier alpha value is -1.92. The van der Waals surface area contributed by atoms with Crippen molar-refractivity contribution in [2.75, 3.05) is 11.9 Å². The molecule has 0 amide bonds. The highest BCUT2D eigenvalue weighted by Crippen LogP contribution is 2.33. The van der Waals surface area contributed by atoms with Crippen molar-refractivity contribution >= 4 is 16.6 Å². The van der Waals surface area contributed by atoms with E-state index in [2.05, 4.69) is 10.3 Å². The van der Waals surface area contributed by atoms with Crippen LogP contribution in [-0.4, -0.2) is 11.5 Å². The number of aromatic nitrogens is 1. The Morgan fingerprint density at radius 2 is 1.75 bits per heavy atom. The number of benzene rings is 1. The highest BCUT2D eigenvalue weighted by molar-refractivity contribution is 5.91. The van der Waals surface area contributed by atoms with Gasteiger partial charge in [0, 0.05) is 23.7 Å². The number of fused-ring (bicyclic) bond motifs is 1. The van der Waals surface area contributed by atoms with Crippen molar-refractivity contribution in [2.24, 2.45) is 0 Å². The van der Waals surface area contributed by atoms with Crippen LogP contribution in [0.2, 0.25) is 0 Å². The summed E-state index contributed by atoms with van der Waals surface area (Å²) in [5, 5.41) is 2.88. The third-order valence-electron chi connectivity index (χ3n) is 2.71. The number of anilines is 1. The van der Waals surface area contributed by atoms with E-state index in [1.807, 2.05) is 6.92 Å². The fourth-order valence-electron chi connectivity index (χ4n) is 1.77. The van der Waals surface area contributed by atoms with Crippen LogP contribution in [0.1, 0.15) is 19.0 Å². The van der Waals surface area contributed by atoms with Gasteiger partial charge < -0.3 is 5.32 Å². The first kappa shape index (κ1) is 14.5. The van der Waals surface area contributed by atoms with Crippen LogP contribution >= 0.6 is 0 Å². The average Bonchev–Trinajstić information content (AvgIpc) is 2.36. The minimum atomic E-state index is -4.65. The standard InChI is InChI=1S/C13H11F5N2/c1-2-3-19-10-6-12(13(16,17)18)20-11-5-9(15)8(14)4-7(10)11/h4-6H,2-3H2,1H3,(H,19,20). The highest BCUT2D eigenvalue weighted by Gasteiger charge is 2.33. The Bertz CT molecular complexity index is 637. The van der Waals surface area contributed by atoms with Gasteiger partial charge >= 0.3 is 6.18 Å². The molecule has 2 nitrogen and oxygen atoms in total. The molecule has 0 aliphatic carbocycles. The summed E-state index contributed by atoms with van der Waals surface area (Å²) in [6.07, 6.45) is -3.98. The normalized spacial score (nSPS) is 11.9. The molecule has 7 heteroatoms. The predicted octanol–water partition coefficient (Wildman–Crippen LogP) is 4.35. The summed E-state index contributed by atoms with van der Waals surface area (Å²) in [7, 11) is 0. The molecule has 1 N–H and O–H groups in total. The van der Waals surface area contributed by atoms with Crippen LogP contribution in [0.5, 0.6) is 0 Å². The lowest BCUT2D eigenvalue weighted by molar-refractivity contribution is -0.140. The Morgan fingerprint density at radius 3 is 2.35 bits per heavy atom. The van der Waals surface area contributed by atoms with Crippen LogP contribution in [0.4, 0.5) is 27.6 Å². The first-order chi connectivity index (χ1) is 9.32. The molecule has 0 unspecified atom stereocenters. The topological polar surface area (TPSA) is 24.9 Å². The summed E-state index contributed by atoms with van der Waals surface area (Å²) in [5.74, 6) is -2.36. The van der Waals surface area contributed by atoms with Crippen LogP contribution in [0.25, 0.3) is 10.9 Å². The first-order valence-corrected chi connectivity index (χ1v) is 5.93. The second-order valence-corrected chi connectivity index (χ2v) is 4.26.